The Kier molecular flexibility index (Phi) is 7.59. The normalized spacial score (nSPS) is 15.0. The summed E-state index contributed by atoms with van der Waals surface area (Å²) in [5.74, 6) is 0.519. The zero-order chi connectivity index (χ0) is 25.0. The van der Waals surface area contributed by atoms with Crippen LogP contribution in [0.15, 0.2) is 58.6 Å². The molecule has 0 atom stereocenters. The smallest absolute Gasteiger partial charge is 0.225 e. The number of rotatable bonds is 8. The van der Waals surface area contributed by atoms with E-state index in [2.05, 4.69) is 27.1 Å². The summed E-state index contributed by atoms with van der Waals surface area (Å²) >= 11 is 8.00. The number of aromatic nitrogens is 2. The fraction of sp³-hybridized carbons (Fsp3) is 0.280. The first-order valence-corrected chi connectivity index (χ1v) is 12.4. The van der Waals surface area contributed by atoms with Crippen LogP contribution < -0.4 is 21.7 Å². The largest absolute Gasteiger partial charge is 0.381 e. The van der Waals surface area contributed by atoms with Crippen LogP contribution >= 0.6 is 23.4 Å². The molecule has 1 aromatic heterocycles. The van der Waals surface area contributed by atoms with Crippen molar-refractivity contribution in [3.05, 3.63) is 59.2 Å². The lowest BCUT2D eigenvalue weighted by atomic mass is 9.80. The van der Waals surface area contributed by atoms with Crippen LogP contribution in [0.4, 0.5) is 23.0 Å². The number of ketones is 1. The number of hydrogen-bond donors (Lipinski definition) is 3. The number of hydrogen-bond acceptors (Lipinski definition) is 9. The highest BCUT2D eigenvalue weighted by atomic mass is 35.5. The highest BCUT2D eigenvalue weighted by Gasteiger charge is 2.29. The Labute approximate surface area is 213 Å². The van der Waals surface area contributed by atoms with E-state index in [-0.39, 0.29) is 5.41 Å². The lowest BCUT2D eigenvalue weighted by Gasteiger charge is -2.39. The molecule has 0 spiro atoms. The van der Waals surface area contributed by atoms with Gasteiger partial charge < -0.3 is 21.7 Å². The van der Waals surface area contributed by atoms with Gasteiger partial charge in [-0.15, -0.1) is 0 Å². The minimum atomic E-state index is -0.584. The van der Waals surface area contributed by atoms with Gasteiger partial charge >= 0.3 is 0 Å². The fourth-order valence-electron chi connectivity index (χ4n) is 3.86. The number of nitrogens with zero attached hydrogens (tertiary/aromatic N) is 3. The minimum absolute atomic E-state index is 0.173. The first-order chi connectivity index (χ1) is 16.8. The molecular formula is C25H27ClN6O2S. The number of benzene rings is 2. The predicted octanol–water partition coefficient (Wildman–Crippen LogP) is 4.55. The Morgan fingerprint density at radius 2 is 2.00 bits per heavy atom. The highest BCUT2D eigenvalue weighted by molar-refractivity contribution is 7.99. The molecule has 0 saturated carbocycles. The summed E-state index contributed by atoms with van der Waals surface area (Å²) in [6.07, 6.45) is 4.05. The van der Waals surface area contributed by atoms with Gasteiger partial charge in [-0.3, -0.25) is 9.59 Å². The number of aldehydes is 1. The Hall–Kier alpha value is -3.14. The van der Waals surface area contributed by atoms with Crippen LogP contribution in [-0.4, -0.2) is 41.7 Å². The number of halogens is 1. The first-order valence-electron chi connectivity index (χ1n) is 11.2. The molecule has 2 aromatic carbocycles. The van der Waals surface area contributed by atoms with E-state index in [1.165, 1.54) is 11.8 Å². The summed E-state index contributed by atoms with van der Waals surface area (Å²) in [5, 5.41) is 4.24. The highest BCUT2D eigenvalue weighted by Crippen LogP contribution is 2.40. The molecule has 3 aromatic rings. The van der Waals surface area contributed by atoms with E-state index in [4.69, 9.17) is 23.1 Å². The van der Waals surface area contributed by atoms with E-state index in [1.54, 1.807) is 30.5 Å². The van der Waals surface area contributed by atoms with Crippen molar-refractivity contribution in [2.75, 3.05) is 35.6 Å². The summed E-state index contributed by atoms with van der Waals surface area (Å²) in [6, 6.07) is 12.2. The maximum absolute atomic E-state index is 11.7. The van der Waals surface area contributed by atoms with Crippen molar-refractivity contribution in [3.63, 3.8) is 0 Å². The monoisotopic (exact) mass is 510 g/mol. The molecule has 1 aliphatic heterocycles. The van der Waals surface area contributed by atoms with E-state index >= 15 is 0 Å². The molecule has 2 heterocycles. The third-order valence-electron chi connectivity index (χ3n) is 6.24. The van der Waals surface area contributed by atoms with Gasteiger partial charge in [0.1, 0.15) is 10.8 Å². The third kappa shape index (κ3) is 5.75. The molecule has 0 aliphatic carbocycles. The molecule has 1 saturated heterocycles. The van der Waals surface area contributed by atoms with Crippen LogP contribution in [-0.2, 0) is 4.79 Å². The molecule has 5 N–H and O–H groups in total. The van der Waals surface area contributed by atoms with Crippen molar-refractivity contribution >= 4 is 58.4 Å². The van der Waals surface area contributed by atoms with Gasteiger partial charge in [0.05, 0.1) is 16.9 Å². The van der Waals surface area contributed by atoms with Crippen molar-refractivity contribution in [2.24, 2.45) is 11.1 Å². The Morgan fingerprint density at radius 1 is 1.26 bits per heavy atom. The fourth-order valence-corrected chi connectivity index (χ4v) is 4.96. The Balaban J connectivity index is 1.49. The molecule has 0 radical (unpaired) electrons. The zero-order valence-corrected chi connectivity index (χ0v) is 20.9. The van der Waals surface area contributed by atoms with E-state index < -0.39 is 5.78 Å². The Morgan fingerprint density at radius 3 is 2.69 bits per heavy atom. The molecule has 4 rings (SSSR count). The molecule has 35 heavy (non-hydrogen) atoms. The number of carbonyl (C=O) groups is 2. The summed E-state index contributed by atoms with van der Waals surface area (Å²) < 4.78 is 0. The van der Waals surface area contributed by atoms with Crippen molar-refractivity contribution in [1.29, 1.82) is 0 Å². The minimum Gasteiger partial charge on any atom is -0.381 e. The number of piperidine rings is 1. The topological polar surface area (TPSA) is 127 Å². The van der Waals surface area contributed by atoms with Crippen LogP contribution in [0.1, 0.15) is 30.1 Å². The van der Waals surface area contributed by atoms with Gasteiger partial charge in [-0.2, -0.15) is 0 Å². The van der Waals surface area contributed by atoms with Crippen LogP contribution in [0.25, 0.3) is 0 Å². The van der Waals surface area contributed by atoms with Gasteiger partial charge in [-0.25, -0.2) is 9.97 Å². The number of carbonyl (C=O) groups excluding carboxylic acids is 2. The maximum atomic E-state index is 11.7. The maximum Gasteiger partial charge on any atom is 0.225 e. The molecule has 182 valence electrons. The van der Waals surface area contributed by atoms with E-state index in [0.29, 0.717) is 45.6 Å². The van der Waals surface area contributed by atoms with Crippen LogP contribution in [0.3, 0.4) is 0 Å². The second-order valence-corrected chi connectivity index (χ2v) is 10.2. The standard InChI is InChI=1S/C25H27ClN6O2S/c1-25(15-27)8-10-32(11-9-25)21-13-29-24(23(28)31-21)35-20-7-3-6-18(22(20)26)30-17-5-2-4-16(12-17)19(34)14-33/h2-7,12-14,30H,8-11,15,27H2,1H3,(H2,28,31). The van der Waals surface area contributed by atoms with Crippen LogP contribution in [0.5, 0.6) is 0 Å². The number of nitrogen functional groups attached to an aromatic ring is 1. The molecule has 10 heteroatoms. The van der Waals surface area contributed by atoms with Crippen molar-refractivity contribution in [2.45, 2.75) is 29.7 Å². The summed E-state index contributed by atoms with van der Waals surface area (Å²) in [7, 11) is 0. The average Bonchev–Trinajstić information content (AvgIpc) is 2.87. The van der Waals surface area contributed by atoms with Gasteiger partial charge in [-0.05, 0) is 49.1 Å². The van der Waals surface area contributed by atoms with Crippen LogP contribution in [0, 0.1) is 5.41 Å². The molecule has 0 bridgehead atoms. The van der Waals surface area contributed by atoms with Crippen molar-refractivity contribution in [3.8, 4) is 0 Å². The third-order valence-corrected chi connectivity index (χ3v) is 7.83. The first kappa shape index (κ1) is 25.0. The summed E-state index contributed by atoms with van der Waals surface area (Å²) in [6.45, 7) is 4.64. The van der Waals surface area contributed by atoms with E-state index in [1.807, 2.05) is 18.2 Å². The summed E-state index contributed by atoms with van der Waals surface area (Å²) in [5.41, 5.74) is 13.9. The molecule has 0 unspecified atom stereocenters. The predicted molar refractivity (Wildman–Crippen MR) is 141 cm³/mol. The average molecular weight is 511 g/mol. The molecule has 0 amide bonds. The van der Waals surface area contributed by atoms with Gasteiger partial charge in [-0.1, -0.05) is 48.5 Å². The van der Waals surface area contributed by atoms with Gasteiger partial charge in [0.2, 0.25) is 5.78 Å². The number of nitrogens with one attached hydrogen (secondary N) is 1. The van der Waals surface area contributed by atoms with E-state index in [0.717, 1.165) is 36.6 Å². The van der Waals surface area contributed by atoms with Crippen LogP contribution in [0.2, 0.25) is 5.02 Å². The lowest BCUT2D eigenvalue weighted by Crippen LogP contribution is -2.42. The van der Waals surface area contributed by atoms with E-state index in [9.17, 15) is 9.59 Å². The van der Waals surface area contributed by atoms with Crippen molar-refractivity contribution in [1.82, 2.24) is 9.97 Å². The lowest BCUT2D eigenvalue weighted by molar-refractivity contribution is -0.104. The Bertz CT molecular complexity index is 1250. The van der Waals surface area contributed by atoms with Crippen molar-refractivity contribution < 1.29 is 9.59 Å². The van der Waals surface area contributed by atoms with Gasteiger partial charge in [0.15, 0.2) is 12.1 Å². The van der Waals surface area contributed by atoms with Gasteiger partial charge in [0, 0.05) is 29.2 Å². The second kappa shape index (κ2) is 10.6. The second-order valence-electron chi connectivity index (χ2n) is 8.83. The zero-order valence-electron chi connectivity index (χ0n) is 19.3. The number of nitrogens with two attached hydrogens (primary N) is 2. The molecular weight excluding hydrogens is 484 g/mol. The molecule has 8 nitrogen and oxygen atoms in total. The summed E-state index contributed by atoms with van der Waals surface area (Å²) in [4.78, 5) is 34.6. The number of anilines is 4. The van der Waals surface area contributed by atoms with Gasteiger partial charge in [0.25, 0.3) is 0 Å². The molecule has 1 fully saturated rings. The number of Topliss-reactive ketones (excluding diaryl/α,β-unsaturated/α-hetero) is 1. The SMILES string of the molecule is CC1(CN)CCN(c2cnc(Sc3cccc(Nc4cccc(C(=O)C=O)c4)c3Cl)c(N)n2)CC1. The quantitative estimate of drug-likeness (QED) is 0.227. The molecule has 1 aliphatic rings.